The smallest absolute Gasteiger partial charge is 0.156 e. The van der Waals surface area contributed by atoms with E-state index in [2.05, 4.69) is 39.2 Å². The third kappa shape index (κ3) is 3.42. The summed E-state index contributed by atoms with van der Waals surface area (Å²) in [4.78, 5) is 15.0. The highest BCUT2D eigenvalue weighted by Crippen LogP contribution is 2.19. The molecule has 0 saturated carbocycles. The number of hydrogen-bond acceptors (Lipinski definition) is 4. The van der Waals surface area contributed by atoms with Crippen molar-refractivity contribution < 1.29 is 0 Å². The summed E-state index contributed by atoms with van der Waals surface area (Å²) < 4.78 is 0. The highest BCUT2D eigenvalue weighted by Gasteiger charge is 2.12. The molecule has 2 aromatic rings. The Balaban J connectivity index is 1.81. The van der Waals surface area contributed by atoms with E-state index < -0.39 is 0 Å². The lowest BCUT2D eigenvalue weighted by Gasteiger charge is -2.21. The number of imidazole rings is 1. The number of rotatable bonds is 4. The highest BCUT2D eigenvalue weighted by atomic mass is 15.2. The minimum atomic E-state index is 0.869. The van der Waals surface area contributed by atoms with Crippen molar-refractivity contribution in [3.05, 3.63) is 30.1 Å². The average Bonchev–Trinajstić information content (AvgIpc) is 2.82. The van der Waals surface area contributed by atoms with E-state index in [0.29, 0.717) is 0 Å². The first-order chi connectivity index (χ1) is 10.4. The largest absolute Gasteiger partial charge is 0.355 e. The van der Waals surface area contributed by atoms with Crippen LogP contribution >= 0.6 is 0 Å². The van der Waals surface area contributed by atoms with Crippen LogP contribution in [0.15, 0.2) is 24.4 Å². The van der Waals surface area contributed by atoms with Gasteiger partial charge in [0, 0.05) is 31.5 Å². The van der Waals surface area contributed by atoms with E-state index in [1.807, 2.05) is 12.3 Å². The lowest BCUT2D eigenvalue weighted by Crippen LogP contribution is -2.28. The van der Waals surface area contributed by atoms with Gasteiger partial charge in [-0.15, -0.1) is 0 Å². The molecule has 1 fully saturated rings. The maximum Gasteiger partial charge on any atom is 0.156 e. The van der Waals surface area contributed by atoms with E-state index in [0.717, 1.165) is 62.8 Å². The Bertz CT molecular complexity index is 570. The topological polar surface area (TPSA) is 56.8 Å². The number of nitrogens with one attached hydrogen (secondary N) is 2. The molecule has 1 saturated heterocycles. The van der Waals surface area contributed by atoms with Crippen LogP contribution in [0.5, 0.6) is 0 Å². The third-order valence-corrected chi connectivity index (χ3v) is 3.79. The van der Waals surface area contributed by atoms with Crippen molar-refractivity contribution in [2.75, 3.05) is 31.1 Å². The normalized spacial score (nSPS) is 16.0. The van der Waals surface area contributed by atoms with E-state index >= 15 is 0 Å². The van der Waals surface area contributed by atoms with Crippen LogP contribution in [0.25, 0.3) is 11.5 Å². The maximum absolute atomic E-state index is 4.79. The molecule has 5 heteroatoms. The zero-order valence-corrected chi connectivity index (χ0v) is 12.6. The van der Waals surface area contributed by atoms with E-state index in [-0.39, 0.29) is 0 Å². The van der Waals surface area contributed by atoms with Crippen LogP contribution in [0, 0.1) is 0 Å². The Morgan fingerprint density at radius 1 is 1.24 bits per heavy atom. The molecule has 1 aliphatic heterocycles. The molecule has 112 valence electrons. The van der Waals surface area contributed by atoms with Gasteiger partial charge in [0.25, 0.3) is 0 Å². The lowest BCUT2D eigenvalue weighted by atomic mass is 10.3. The zero-order valence-electron chi connectivity index (χ0n) is 12.6. The molecule has 0 unspecified atom stereocenters. The molecule has 5 nitrogen and oxygen atoms in total. The molecule has 1 aliphatic rings. The molecule has 21 heavy (non-hydrogen) atoms. The Kier molecular flexibility index (Phi) is 4.50. The average molecular weight is 285 g/mol. The van der Waals surface area contributed by atoms with Crippen molar-refractivity contribution in [1.82, 2.24) is 20.3 Å². The molecule has 2 N–H and O–H groups in total. The van der Waals surface area contributed by atoms with Crippen LogP contribution in [0.2, 0.25) is 0 Å². The third-order valence-electron chi connectivity index (χ3n) is 3.79. The number of pyridine rings is 1. The zero-order chi connectivity index (χ0) is 14.5. The number of hydrogen-bond donors (Lipinski definition) is 2. The molecule has 0 atom stereocenters. The molecule has 0 aliphatic carbocycles. The number of anilines is 1. The number of nitrogens with zero attached hydrogens (tertiary/aromatic N) is 3. The van der Waals surface area contributed by atoms with Crippen molar-refractivity contribution >= 4 is 5.82 Å². The highest BCUT2D eigenvalue weighted by molar-refractivity contribution is 5.54. The van der Waals surface area contributed by atoms with Crippen LogP contribution in [-0.2, 0) is 6.42 Å². The van der Waals surface area contributed by atoms with E-state index in [1.165, 1.54) is 5.69 Å². The van der Waals surface area contributed by atoms with Gasteiger partial charge in [0.2, 0.25) is 0 Å². The van der Waals surface area contributed by atoms with Crippen LogP contribution in [0.1, 0.15) is 25.5 Å². The second-order valence-corrected chi connectivity index (χ2v) is 5.48. The Morgan fingerprint density at radius 3 is 3.10 bits per heavy atom. The molecule has 0 amide bonds. The molecule has 0 bridgehead atoms. The van der Waals surface area contributed by atoms with Gasteiger partial charge in [-0.1, -0.05) is 19.4 Å². The van der Waals surface area contributed by atoms with Gasteiger partial charge in [-0.25, -0.2) is 9.97 Å². The van der Waals surface area contributed by atoms with Gasteiger partial charge >= 0.3 is 0 Å². The predicted octanol–water partition coefficient (Wildman–Crippen LogP) is 2.22. The summed E-state index contributed by atoms with van der Waals surface area (Å²) in [6, 6.07) is 6.18. The molecule has 2 aromatic heterocycles. The number of aryl methyl sites for hydroxylation is 1. The molecule has 3 rings (SSSR count). The van der Waals surface area contributed by atoms with Crippen LogP contribution in [0.3, 0.4) is 0 Å². The van der Waals surface area contributed by atoms with E-state index in [1.54, 1.807) is 0 Å². The summed E-state index contributed by atoms with van der Waals surface area (Å²) in [5, 5.41) is 3.42. The SMILES string of the molecule is CCCc1cnc(-c2cccc(N3CCCNCC3)n2)[nH]1. The Hall–Kier alpha value is -1.88. The first-order valence-corrected chi connectivity index (χ1v) is 7.84. The fraction of sp³-hybridized carbons (Fsp3) is 0.500. The summed E-state index contributed by atoms with van der Waals surface area (Å²) >= 11 is 0. The monoisotopic (exact) mass is 285 g/mol. The van der Waals surface area contributed by atoms with Crippen molar-refractivity contribution in [2.24, 2.45) is 0 Å². The Morgan fingerprint density at radius 2 is 2.19 bits per heavy atom. The first kappa shape index (κ1) is 14.1. The van der Waals surface area contributed by atoms with Crippen molar-refractivity contribution in [2.45, 2.75) is 26.2 Å². The summed E-state index contributed by atoms with van der Waals surface area (Å²) in [6.07, 6.45) is 5.23. The molecule has 0 aromatic carbocycles. The fourth-order valence-electron chi connectivity index (χ4n) is 2.69. The van der Waals surface area contributed by atoms with Gasteiger partial charge in [0.05, 0.1) is 0 Å². The maximum atomic E-state index is 4.79. The van der Waals surface area contributed by atoms with Gasteiger partial charge in [-0.3, -0.25) is 0 Å². The van der Waals surface area contributed by atoms with Gasteiger partial charge in [-0.2, -0.15) is 0 Å². The second kappa shape index (κ2) is 6.72. The predicted molar refractivity (Wildman–Crippen MR) is 85.5 cm³/mol. The summed E-state index contributed by atoms with van der Waals surface area (Å²) in [5.74, 6) is 1.91. The van der Waals surface area contributed by atoms with Crippen LogP contribution in [-0.4, -0.2) is 41.1 Å². The van der Waals surface area contributed by atoms with Crippen LogP contribution in [0.4, 0.5) is 5.82 Å². The molecular formula is C16H23N5. The minimum absolute atomic E-state index is 0.869. The van der Waals surface area contributed by atoms with Crippen molar-refractivity contribution in [3.63, 3.8) is 0 Å². The van der Waals surface area contributed by atoms with E-state index in [9.17, 15) is 0 Å². The van der Waals surface area contributed by atoms with Gasteiger partial charge in [0.1, 0.15) is 11.5 Å². The summed E-state index contributed by atoms with van der Waals surface area (Å²) in [7, 11) is 0. The van der Waals surface area contributed by atoms with Gasteiger partial charge in [0.15, 0.2) is 5.82 Å². The van der Waals surface area contributed by atoms with Crippen molar-refractivity contribution in [3.8, 4) is 11.5 Å². The number of aromatic nitrogens is 3. The van der Waals surface area contributed by atoms with Gasteiger partial charge in [-0.05, 0) is 31.5 Å². The first-order valence-electron chi connectivity index (χ1n) is 7.84. The summed E-state index contributed by atoms with van der Waals surface area (Å²) in [5.41, 5.74) is 2.10. The summed E-state index contributed by atoms with van der Waals surface area (Å²) in [6.45, 7) is 6.35. The van der Waals surface area contributed by atoms with E-state index in [4.69, 9.17) is 4.98 Å². The number of aromatic amines is 1. The molecule has 0 radical (unpaired) electrons. The van der Waals surface area contributed by atoms with Crippen molar-refractivity contribution in [1.29, 1.82) is 0 Å². The standard InChI is InChI=1S/C16H23N5/c1-2-5-13-12-18-16(19-13)14-6-3-7-15(20-14)21-10-4-8-17-9-11-21/h3,6-7,12,17H,2,4-5,8-11H2,1H3,(H,18,19). The van der Waals surface area contributed by atoms with Crippen LogP contribution < -0.4 is 10.2 Å². The quantitative estimate of drug-likeness (QED) is 0.904. The molecule has 3 heterocycles. The Labute approximate surface area is 125 Å². The second-order valence-electron chi connectivity index (χ2n) is 5.48. The molecule has 0 spiro atoms. The number of H-pyrrole nitrogens is 1. The fourth-order valence-corrected chi connectivity index (χ4v) is 2.69. The van der Waals surface area contributed by atoms with Gasteiger partial charge < -0.3 is 15.2 Å². The lowest BCUT2D eigenvalue weighted by molar-refractivity contribution is 0.724. The minimum Gasteiger partial charge on any atom is -0.355 e. The molecular weight excluding hydrogens is 262 g/mol.